The van der Waals surface area contributed by atoms with Gasteiger partial charge >= 0.3 is 0 Å². The Balaban J connectivity index is 1.71. The number of ether oxygens (including phenoxy) is 2. The molecule has 7 nitrogen and oxygen atoms in total. The number of likely N-dealkylation sites (tertiary alicyclic amines) is 1. The van der Waals surface area contributed by atoms with Crippen LogP contribution in [0.4, 0.5) is 5.69 Å². The third-order valence-electron chi connectivity index (χ3n) is 5.17. The average molecular weight is 385 g/mol. The van der Waals surface area contributed by atoms with E-state index in [1.165, 1.54) is 12.5 Å². The largest absolute Gasteiger partial charge is 0.493 e. The van der Waals surface area contributed by atoms with Crippen LogP contribution >= 0.6 is 0 Å². The molecule has 1 N–H and O–H groups in total. The number of hydrogen-bond acceptors (Lipinski definition) is 6. The van der Waals surface area contributed by atoms with Gasteiger partial charge in [-0.25, -0.2) is 0 Å². The van der Waals surface area contributed by atoms with Crippen LogP contribution in [-0.4, -0.2) is 43.1 Å². The van der Waals surface area contributed by atoms with Gasteiger partial charge in [0.05, 0.1) is 18.1 Å². The molecular weight excluding hydrogens is 358 g/mol. The Morgan fingerprint density at radius 1 is 1.25 bits per heavy atom. The van der Waals surface area contributed by atoms with Crippen molar-refractivity contribution < 1.29 is 14.4 Å². The van der Waals surface area contributed by atoms with Crippen LogP contribution in [0.2, 0.25) is 0 Å². The molecule has 1 aliphatic heterocycles. The Morgan fingerprint density at radius 2 is 2.04 bits per heavy atom. The molecule has 0 amide bonds. The zero-order chi connectivity index (χ0) is 19.9. The molecule has 1 aliphatic rings. The van der Waals surface area contributed by atoms with Gasteiger partial charge in [-0.3, -0.25) is 10.1 Å². The fourth-order valence-corrected chi connectivity index (χ4v) is 3.52. The van der Waals surface area contributed by atoms with Crippen LogP contribution in [0, 0.1) is 10.1 Å². The highest BCUT2D eigenvalue weighted by Crippen LogP contribution is 2.35. The highest BCUT2D eigenvalue weighted by atomic mass is 16.6. The summed E-state index contributed by atoms with van der Waals surface area (Å²) in [7, 11) is 3.66. The number of nitro groups is 1. The van der Waals surface area contributed by atoms with E-state index in [-0.39, 0.29) is 10.6 Å². The summed E-state index contributed by atoms with van der Waals surface area (Å²) < 4.78 is 11.2. The molecule has 2 aromatic carbocycles. The molecule has 0 aromatic heterocycles. The predicted octanol–water partition coefficient (Wildman–Crippen LogP) is 3.37. The van der Waals surface area contributed by atoms with Crippen molar-refractivity contribution in [3.8, 4) is 11.5 Å². The molecule has 0 bridgehead atoms. The van der Waals surface area contributed by atoms with Crippen molar-refractivity contribution in [1.82, 2.24) is 10.2 Å². The van der Waals surface area contributed by atoms with Gasteiger partial charge in [0.2, 0.25) is 0 Å². The minimum atomic E-state index is -0.368. The molecule has 28 heavy (non-hydrogen) atoms. The fourth-order valence-electron chi connectivity index (χ4n) is 3.52. The van der Waals surface area contributed by atoms with E-state index in [4.69, 9.17) is 9.47 Å². The van der Waals surface area contributed by atoms with E-state index in [9.17, 15) is 10.1 Å². The first-order valence-corrected chi connectivity index (χ1v) is 9.51. The summed E-state index contributed by atoms with van der Waals surface area (Å²) in [6, 6.07) is 13.3. The lowest BCUT2D eigenvalue weighted by Crippen LogP contribution is -2.35. The number of benzene rings is 2. The van der Waals surface area contributed by atoms with E-state index in [2.05, 4.69) is 17.3 Å². The number of nitrogens with one attached hydrogen (secondary N) is 1. The molecule has 7 heteroatoms. The molecule has 0 spiro atoms. The van der Waals surface area contributed by atoms with Gasteiger partial charge in [-0.2, -0.15) is 0 Å². The molecule has 1 saturated heterocycles. The second kappa shape index (κ2) is 9.52. The number of likely N-dealkylation sites (N-methyl/N-ethyl adjacent to an activating group) is 1. The lowest BCUT2D eigenvalue weighted by molar-refractivity contribution is -0.385. The van der Waals surface area contributed by atoms with E-state index in [0.29, 0.717) is 36.3 Å². The SMILES string of the molecule is COc1cc(CNCC2CCCN2C)c([N+](=O)[O-])cc1OCc1ccccc1. The molecule has 0 saturated carbocycles. The molecule has 1 atom stereocenters. The first-order valence-electron chi connectivity index (χ1n) is 9.51. The number of hydrogen-bond donors (Lipinski definition) is 1. The third kappa shape index (κ3) is 4.99. The van der Waals surface area contributed by atoms with Crippen molar-refractivity contribution >= 4 is 5.69 Å². The summed E-state index contributed by atoms with van der Waals surface area (Å²) in [4.78, 5) is 13.5. The maximum Gasteiger partial charge on any atom is 0.277 e. The maximum absolute atomic E-state index is 11.6. The Kier molecular flexibility index (Phi) is 6.84. The number of nitrogens with zero attached hydrogens (tertiary/aromatic N) is 2. The van der Waals surface area contributed by atoms with Crippen LogP contribution in [0.5, 0.6) is 11.5 Å². The standard InChI is InChI=1S/C21H27N3O4/c1-23-10-6-9-18(23)14-22-13-17-11-20(27-2)21(12-19(17)24(25)26)28-15-16-7-4-3-5-8-16/h3-5,7-8,11-12,18,22H,6,9-10,13-15H2,1-2H3. The van der Waals surface area contributed by atoms with Crippen molar-refractivity contribution in [2.24, 2.45) is 0 Å². The zero-order valence-corrected chi connectivity index (χ0v) is 16.4. The molecule has 0 radical (unpaired) electrons. The van der Waals surface area contributed by atoms with Crippen LogP contribution < -0.4 is 14.8 Å². The fraction of sp³-hybridized carbons (Fsp3) is 0.429. The predicted molar refractivity (Wildman–Crippen MR) is 108 cm³/mol. The van der Waals surface area contributed by atoms with Crippen molar-refractivity contribution in [2.45, 2.75) is 32.0 Å². The van der Waals surface area contributed by atoms with Gasteiger partial charge in [0, 0.05) is 24.7 Å². The Bertz CT molecular complexity index is 798. The van der Waals surface area contributed by atoms with Crippen LogP contribution in [-0.2, 0) is 13.2 Å². The van der Waals surface area contributed by atoms with Crippen LogP contribution in [0.25, 0.3) is 0 Å². The normalized spacial score (nSPS) is 16.9. The van der Waals surface area contributed by atoms with Gasteiger partial charge in [-0.05, 0) is 38.1 Å². The molecular formula is C21H27N3O4. The van der Waals surface area contributed by atoms with Crippen molar-refractivity contribution in [3.05, 3.63) is 63.7 Å². The summed E-state index contributed by atoms with van der Waals surface area (Å²) in [5.74, 6) is 0.869. The van der Waals surface area contributed by atoms with E-state index >= 15 is 0 Å². The van der Waals surface area contributed by atoms with Gasteiger partial charge in [-0.15, -0.1) is 0 Å². The molecule has 2 aromatic rings. The summed E-state index contributed by atoms with van der Waals surface area (Å²) in [6.45, 7) is 2.64. The van der Waals surface area contributed by atoms with Crippen molar-refractivity contribution in [3.63, 3.8) is 0 Å². The summed E-state index contributed by atoms with van der Waals surface area (Å²) in [6.07, 6.45) is 2.35. The van der Waals surface area contributed by atoms with Gasteiger partial charge in [-0.1, -0.05) is 30.3 Å². The van der Waals surface area contributed by atoms with Crippen LogP contribution in [0.1, 0.15) is 24.0 Å². The number of nitro benzene ring substituents is 1. The maximum atomic E-state index is 11.6. The Morgan fingerprint density at radius 3 is 2.68 bits per heavy atom. The van der Waals surface area contributed by atoms with Gasteiger partial charge < -0.3 is 19.7 Å². The molecule has 150 valence electrons. The van der Waals surface area contributed by atoms with Crippen molar-refractivity contribution in [1.29, 1.82) is 0 Å². The molecule has 1 heterocycles. The quantitative estimate of drug-likeness (QED) is 0.527. The lowest BCUT2D eigenvalue weighted by atomic mass is 10.1. The summed E-state index contributed by atoms with van der Waals surface area (Å²) in [5.41, 5.74) is 1.62. The molecule has 3 rings (SSSR count). The van der Waals surface area contributed by atoms with Crippen molar-refractivity contribution in [2.75, 3.05) is 27.2 Å². The van der Waals surface area contributed by atoms with Gasteiger partial charge in [0.25, 0.3) is 5.69 Å². The monoisotopic (exact) mass is 385 g/mol. The second-order valence-corrected chi connectivity index (χ2v) is 7.07. The van der Waals surface area contributed by atoms with E-state index in [0.717, 1.165) is 25.1 Å². The average Bonchev–Trinajstić information content (AvgIpc) is 3.11. The highest BCUT2D eigenvalue weighted by molar-refractivity contribution is 5.54. The zero-order valence-electron chi connectivity index (χ0n) is 16.4. The van der Waals surface area contributed by atoms with Gasteiger partial charge in [0.1, 0.15) is 6.61 Å². The topological polar surface area (TPSA) is 76.9 Å². The van der Waals surface area contributed by atoms with Gasteiger partial charge in [0.15, 0.2) is 11.5 Å². The Hall–Kier alpha value is -2.64. The van der Waals surface area contributed by atoms with Crippen LogP contribution in [0.3, 0.4) is 0 Å². The minimum absolute atomic E-state index is 0.0381. The molecule has 1 fully saturated rings. The minimum Gasteiger partial charge on any atom is -0.493 e. The van der Waals surface area contributed by atoms with E-state index < -0.39 is 0 Å². The molecule has 1 unspecified atom stereocenters. The number of methoxy groups -OCH3 is 1. The van der Waals surface area contributed by atoms with E-state index in [1.54, 1.807) is 13.2 Å². The Labute approximate surface area is 165 Å². The summed E-state index contributed by atoms with van der Waals surface area (Å²) >= 11 is 0. The lowest BCUT2D eigenvalue weighted by Gasteiger charge is -2.20. The van der Waals surface area contributed by atoms with Crippen LogP contribution in [0.15, 0.2) is 42.5 Å². The number of rotatable bonds is 9. The second-order valence-electron chi connectivity index (χ2n) is 7.07. The summed E-state index contributed by atoms with van der Waals surface area (Å²) in [5, 5.41) is 14.9. The first-order chi connectivity index (χ1) is 13.6. The van der Waals surface area contributed by atoms with E-state index in [1.807, 2.05) is 30.3 Å². The highest BCUT2D eigenvalue weighted by Gasteiger charge is 2.22. The molecule has 0 aliphatic carbocycles. The smallest absolute Gasteiger partial charge is 0.277 e. The third-order valence-corrected chi connectivity index (χ3v) is 5.17. The first kappa shape index (κ1) is 20.1.